The summed E-state index contributed by atoms with van der Waals surface area (Å²) in [5.74, 6) is 0. The molecule has 1 aromatic carbocycles. The fourth-order valence-electron chi connectivity index (χ4n) is 3.48. The second kappa shape index (κ2) is 7.82. The molecule has 1 fully saturated rings. The lowest BCUT2D eigenvalue weighted by atomic mass is 9.76. The van der Waals surface area contributed by atoms with Crippen molar-refractivity contribution in [3.8, 4) is 0 Å². The van der Waals surface area contributed by atoms with E-state index < -0.39 is 0 Å². The van der Waals surface area contributed by atoms with E-state index in [1.54, 1.807) is 0 Å². The molecule has 1 aromatic rings. The second-order valence-corrected chi connectivity index (χ2v) is 6.48. The molecule has 0 aromatic heterocycles. The summed E-state index contributed by atoms with van der Waals surface area (Å²) in [6.45, 7) is 5.79. The zero-order chi connectivity index (χ0) is 15.3. The van der Waals surface area contributed by atoms with E-state index in [2.05, 4.69) is 25.2 Å². The van der Waals surface area contributed by atoms with Gasteiger partial charge in [0.1, 0.15) is 0 Å². The summed E-state index contributed by atoms with van der Waals surface area (Å²) in [6, 6.07) is 5.96. The third-order valence-electron chi connectivity index (χ3n) is 4.36. The second-order valence-electron chi connectivity index (χ2n) is 5.69. The maximum absolute atomic E-state index is 6.48. The third-order valence-corrected chi connectivity index (χ3v) is 5.19. The zero-order valence-electron chi connectivity index (χ0n) is 12.9. The zero-order valence-corrected chi connectivity index (χ0v) is 14.4. The van der Waals surface area contributed by atoms with Crippen LogP contribution in [-0.2, 0) is 4.74 Å². The Hall–Kier alpha value is -0.280. The maximum atomic E-state index is 6.48. The Morgan fingerprint density at radius 3 is 2.52 bits per heavy atom. The normalized spacial score (nSPS) is 19.4. The standard InChI is InChI=1S/C17H25Cl2NO/c1-3-20-16(13-9-8-10-14(18)15(13)19)17(21-4-2)11-6-5-7-12-17/h8-10,16,20H,3-7,11-12H2,1-2H3. The summed E-state index contributed by atoms with van der Waals surface area (Å²) in [4.78, 5) is 0. The highest BCUT2D eigenvalue weighted by Crippen LogP contribution is 2.44. The fourth-order valence-corrected chi connectivity index (χ4v) is 3.90. The molecular weight excluding hydrogens is 305 g/mol. The van der Waals surface area contributed by atoms with Gasteiger partial charge < -0.3 is 10.1 Å². The average Bonchev–Trinajstić information content (AvgIpc) is 2.49. The Bertz CT molecular complexity index is 453. The summed E-state index contributed by atoms with van der Waals surface area (Å²) in [5, 5.41) is 4.85. The molecule has 0 saturated heterocycles. The number of ether oxygens (including phenoxy) is 1. The number of likely N-dealkylation sites (N-methyl/N-ethyl adjacent to an activating group) is 1. The van der Waals surface area contributed by atoms with Gasteiger partial charge in [-0.3, -0.25) is 0 Å². The van der Waals surface area contributed by atoms with Crippen LogP contribution >= 0.6 is 23.2 Å². The molecule has 0 bridgehead atoms. The van der Waals surface area contributed by atoms with Crippen LogP contribution in [0.1, 0.15) is 57.6 Å². The summed E-state index contributed by atoms with van der Waals surface area (Å²) in [7, 11) is 0. The molecule has 1 atom stereocenters. The lowest BCUT2D eigenvalue weighted by Crippen LogP contribution is -2.47. The van der Waals surface area contributed by atoms with Crippen LogP contribution < -0.4 is 5.32 Å². The highest BCUT2D eigenvalue weighted by molar-refractivity contribution is 6.42. The molecule has 118 valence electrons. The van der Waals surface area contributed by atoms with Gasteiger partial charge in [0.15, 0.2) is 0 Å². The quantitative estimate of drug-likeness (QED) is 0.756. The molecule has 1 N–H and O–H groups in total. The van der Waals surface area contributed by atoms with Crippen molar-refractivity contribution in [1.82, 2.24) is 5.32 Å². The van der Waals surface area contributed by atoms with Crippen LogP contribution in [-0.4, -0.2) is 18.8 Å². The minimum absolute atomic E-state index is 0.0916. The minimum Gasteiger partial charge on any atom is -0.373 e. The number of benzene rings is 1. The van der Waals surface area contributed by atoms with E-state index in [0.717, 1.165) is 31.6 Å². The molecular formula is C17H25Cl2NO. The number of halogens is 2. The van der Waals surface area contributed by atoms with Crippen molar-refractivity contribution >= 4 is 23.2 Å². The van der Waals surface area contributed by atoms with Crippen LogP contribution in [0.2, 0.25) is 10.0 Å². The first kappa shape index (κ1) is 17.1. The molecule has 1 saturated carbocycles. The third kappa shape index (κ3) is 3.73. The molecule has 0 aliphatic heterocycles. The summed E-state index contributed by atoms with van der Waals surface area (Å²) < 4.78 is 6.27. The van der Waals surface area contributed by atoms with E-state index in [4.69, 9.17) is 27.9 Å². The topological polar surface area (TPSA) is 21.3 Å². The predicted octanol–water partition coefficient (Wildman–Crippen LogP) is 5.38. The Morgan fingerprint density at radius 1 is 1.19 bits per heavy atom. The fraction of sp³-hybridized carbons (Fsp3) is 0.647. The van der Waals surface area contributed by atoms with E-state index in [1.165, 1.54) is 19.3 Å². The maximum Gasteiger partial charge on any atom is 0.0876 e. The van der Waals surface area contributed by atoms with Crippen LogP contribution in [0.3, 0.4) is 0 Å². The first-order chi connectivity index (χ1) is 10.1. The van der Waals surface area contributed by atoms with Gasteiger partial charge in [0.05, 0.1) is 21.7 Å². The lowest BCUT2D eigenvalue weighted by Gasteiger charge is -2.44. The molecule has 1 unspecified atom stereocenters. The van der Waals surface area contributed by atoms with Crippen LogP contribution in [0.15, 0.2) is 18.2 Å². The Kier molecular flexibility index (Phi) is 6.36. The van der Waals surface area contributed by atoms with Crippen molar-refractivity contribution in [2.75, 3.05) is 13.2 Å². The lowest BCUT2D eigenvalue weighted by molar-refractivity contribution is -0.0909. The van der Waals surface area contributed by atoms with Crippen molar-refractivity contribution in [3.05, 3.63) is 33.8 Å². The van der Waals surface area contributed by atoms with E-state index in [9.17, 15) is 0 Å². The highest BCUT2D eigenvalue weighted by atomic mass is 35.5. The van der Waals surface area contributed by atoms with E-state index in [0.29, 0.717) is 10.0 Å². The minimum atomic E-state index is -0.169. The highest BCUT2D eigenvalue weighted by Gasteiger charge is 2.42. The van der Waals surface area contributed by atoms with Crippen molar-refractivity contribution < 1.29 is 4.74 Å². The molecule has 2 nitrogen and oxygen atoms in total. The molecule has 0 spiro atoms. The smallest absolute Gasteiger partial charge is 0.0876 e. The van der Waals surface area contributed by atoms with E-state index in [-0.39, 0.29) is 11.6 Å². The number of nitrogens with one attached hydrogen (secondary N) is 1. The first-order valence-electron chi connectivity index (χ1n) is 7.96. The SMILES string of the molecule is CCNC(c1cccc(Cl)c1Cl)C1(OCC)CCCCC1. The van der Waals surface area contributed by atoms with Crippen LogP contribution in [0, 0.1) is 0 Å². The van der Waals surface area contributed by atoms with Gasteiger partial charge in [-0.25, -0.2) is 0 Å². The number of hydrogen-bond donors (Lipinski definition) is 1. The van der Waals surface area contributed by atoms with Crippen molar-refractivity contribution in [2.45, 2.75) is 57.6 Å². The van der Waals surface area contributed by atoms with Crippen molar-refractivity contribution in [2.24, 2.45) is 0 Å². The van der Waals surface area contributed by atoms with E-state index in [1.807, 2.05) is 12.1 Å². The van der Waals surface area contributed by atoms with Crippen LogP contribution in [0.5, 0.6) is 0 Å². The average molecular weight is 330 g/mol. The van der Waals surface area contributed by atoms with Gasteiger partial charge in [-0.1, -0.05) is 61.5 Å². The van der Waals surface area contributed by atoms with Gasteiger partial charge >= 0.3 is 0 Å². The number of hydrogen-bond acceptors (Lipinski definition) is 2. The molecule has 0 amide bonds. The summed E-state index contributed by atoms with van der Waals surface area (Å²) in [5.41, 5.74) is 0.888. The van der Waals surface area contributed by atoms with Crippen LogP contribution in [0.25, 0.3) is 0 Å². The van der Waals surface area contributed by atoms with Gasteiger partial charge in [-0.2, -0.15) is 0 Å². The monoisotopic (exact) mass is 329 g/mol. The predicted molar refractivity (Wildman–Crippen MR) is 90.3 cm³/mol. The molecule has 0 heterocycles. The Balaban J connectivity index is 2.41. The largest absolute Gasteiger partial charge is 0.373 e. The molecule has 21 heavy (non-hydrogen) atoms. The summed E-state index contributed by atoms with van der Waals surface area (Å²) >= 11 is 12.7. The molecule has 4 heteroatoms. The summed E-state index contributed by atoms with van der Waals surface area (Å²) in [6.07, 6.45) is 5.85. The molecule has 1 aliphatic rings. The van der Waals surface area contributed by atoms with Gasteiger partial charge in [-0.05, 0) is 37.9 Å². The van der Waals surface area contributed by atoms with Crippen LogP contribution in [0.4, 0.5) is 0 Å². The Morgan fingerprint density at radius 2 is 1.90 bits per heavy atom. The number of rotatable bonds is 6. The first-order valence-corrected chi connectivity index (χ1v) is 8.71. The van der Waals surface area contributed by atoms with Gasteiger partial charge in [-0.15, -0.1) is 0 Å². The molecule has 2 rings (SSSR count). The van der Waals surface area contributed by atoms with Gasteiger partial charge in [0.2, 0.25) is 0 Å². The molecule has 1 aliphatic carbocycles. The van der Waals surface area contributed by atoms with Crippen molar-refractivity contribution in [3.63, 3.8) is 0 Å². The van der Waals surface area contributed by atoms with Crippen molar-refractivity contribution in [1.29, 1.82) is 0 Å². The van der Waals surface area contributed by atoms with E-state index >= 15 is 0 Å². The Labute approximate surface area is 138 Å². The molecule has 0 radical (unpaired) electrons. The van der Waals surface area contributed by atoms with Gasteiger partial charge in [0, 0.05) is 6.61 Å². The van der Waals surface area contributed by atoms with Gasteiger partial charge in [0.25, 0.3) is 0 Å².